The Kier molecular flexibility index (Phi) is 6.49. The Balaban J connectivity index is 1.45. The van der Waals surface area contributed by atoms with Crippen molar-refractivity contribution in [2.24, 2.45) is 0 Å². The largest absolute Gasteiger partial charge is 0.494 e. The third-order valence-corrected chi connectivity index (χ3v) is 7.93. The van der Waals surface area contributed by atoms with E-state index in [4.69, 9.17) is 18.3 Å². The molecule has 1 aliphatic rings. The predicted molar refractivity (Wildman–Crippen MR) is 147 cm³/mol. The molecular weight excluding hydrogens is 534 g/mol. The molecular formula is C30H23NO8S. The molecule has 3 heterocycles. The minimum atomic E-state index is -3.99. The maximum absolute atomic E-state index is 13.2. The first-order valence-corrected chi connectivity index (χ1v) is 14.0. The minimum Gasteiger partial charge on any atom is -0.494 e. The molecule has 0 saturated carbocycles. The standard InChI is InChI=1S/C30H23NO8S/c1-2-36-20-12-13-22-18(16-27(32)37-26(22)17-20)14-19-15-24-28(39-30(19)33)23-10-6-7-11-25(23)38-29(24)31-40(34,35)21-8-4-3-5-9-21/h3-13,15-17,29,31H,2,14H2,1H3. The summed E-state index contributed by atoms with van der Waals surface area (Å²) in [6.07, 6.45) is -1.14. The second-order valence-corrected chi connectivity index (χ2v) is 10.8. The topological polar surface area (TPSA) is 125 Å². The van der Waals surface area contributed by atoms with Crippen LogP contribution in [0.15, 0.2) is 108 Å². The molecule has 0 spiro atoms. The van der Waals surface area contributed by atoms with Crippen molar-refractivity contribution < 1.29 is 26.7 Å². The van der Waals surface area contributed by atoms with E-state index in [9.17, 15) is 18.0 Å². The van der Waals surface area contributed by atoms with Crippen molar-refractivity contribution in [1.29, 1.82) is 0 Å². The number of sulfonamides is 1. The molecule has 0 fully saturated rings. The summed E-state index contributed by atoms with van der Waals surface area (Å²) in [4.78, 5) is 25.6. The second-order valence-electron chi connectivity index (χ2n) is 9.13. The lowest BCUT2D eigenvalue weighted by Gasteiger charge is -2.28. The fourth-order valence-corrected chi connectivity index (χ4v) is 5.83. The second kappa shape index (κ2) is 10.1. The van der Waals surface area contributed by atoms with Gasteiger partial charge in [-0.1, -0.05) is 30.3 Å². The number of ether oxygens (including phenoxy) is 2. The number of rotatable bonds is 7. The molecule has 6 rings (SSSR count). The molecule has 0 aliphatic carbocycles. The van der Waals surface area contributed by atoms with Crippen LogP contribution in [-0.2, 0) is 16.4 Å². The van der Waals surface area contributed by atoms with Gasteiger partial charge in [0.05, 0.1) is 22.6 Å². The van der Waals surface area contributed by atoms with Crippen LogP contribution >= 0.6 is 0 Å². The highest BCUT2D eigenvalue weighted by Gasteiger charge is 2.33. The lowest BCUT2D eigenvalue weighted by atomic mass is 9.98. The maximum Gasteiger partial charge on any atom is 0.339 e. The zero-order valence-electron chi connectivity index (χ0n) is 21.2. The van der Waals surface area contributed by atoms with E-state index in [0.29, 0.717) is 45.8 Å². The lowest BCUT2D eigenvalue weighted by molar-refractivity contribution is 0.185. The molecule has 1 aliphatic heterocycles. The van der Waals surface area contributed by atoms with Crippen LogP contribution in [0, 0.1) is 0 Å². The zero-order valence-corrected chi connectivity index (χ0v) is 22.1. The molecule has 40 heavy (non-hydrogen) atoms. The highest BCUT2D eigenvalue weighted by atomic mass is 32.2. The summed E-state index contributed by atoms with van der Waals surface area (Å²) in [5.41, 5.74) is 0.731. The van der Waals surface area contributed by atoms with Crippen LogP contribution in [0.3, 0.4) is 0 Å². The highest BCUT2D eigenvalue weighted by Crippen LogP contribution is 2.41. The van der Waals surface area contributed by atoms with Gasteiger partial charge < -0.3 is 18.3 Å². The van der Waals surface area contributed by atoms with Gasteiger partial charge in [-0.05, 0) is 55.0 Å². The molecule has 1 atom stereocenters. The van der Waals surface area contributed by atoms with E-state index in [0.717, 1.165) is 0 Å². The van der Waals surface area contributed by atoms with Gasteiger partial charge in [0.15, 0.2) is 12.0 Å². The van der Waals surface area contributed by atoms with Crippen LogP contribution in [0.25, 0.3) is 22.3 Å². The lowest BCUT2D eigenvalue weighted by Crippen LogP contribution is -2.34. The first-order chi connectivity index (χ1) is 19.3. The molecule has 202 valence electrons. The smallest absolute Gasteiger partial charge is 0.339 e. The monoisotopic (exact) mass is 557 g/mol. The van der Waals surface area contributed by atoms with Crippen molar-refractivity contribution in [3.05, 3.63) is 122 Å². The third kappa shape index (κ3) is 4.78. The first-order valence-electron chi connectivity index (χ1n) is 12.5. The van der Waals surface area contributed by atoms with Gasteiger partial charge in [-0.15, -0.1) is 0 Å². The van der Waals surface area contributed by atoms with E-state index in [2.05, 4.69) is 4.72 Å². The molecule has 0 bridgehead atoms. The van der Waals surface area contributed by atoms with Gasteiger partial charge >= 0.3 is 11.3 Å². The molecule has 10 heteroatoms. The Labute approximate surface area is 228 Å². The van der Waals surface area contributed by atoms with Crippen molar-refractivity contribution in [3.63, 3.8) is 0 Å². The van der Waals surface area contributed by atoms with Gasteiger partial charge in [0.25, 0.3) is 0 Å². The van der Waals surface area contributed by atoms with Crippen molar-refractivity contribution in [2.75, 3.05) is 6.61 Å². The van der Waals surface area contributed by atoms with Crippen LogP contribution in [0.4, 0.5) is 0 Å². The summed E-state index contributed by atoms with van der Waals surface area (Å²) >= 11 is 0. The molecule has 2 aromatic heterocycles. The van der Waals surface area contributed by atoms with Crippen LogP contribution in [0.2, 0.25) is 0 Å². The molecule has 0 radical (unpaired) electrons. The van der Waals surface area contributed by atoms with E-state index in [1.54, 1.807) is 66.7 Å². The average Bonchev–Trinajstić information content (AvgIpc) is 2.94. The Bertz CT molecular complexity index is 1960. The number of benzene rings is 3. The number of hydrogen-bond donors (Lipinski definition) is 1. The zero-order chi connectivity index (χ0) is 27.9. The molecule has 9 nitrogen and oxygen atoms in total. The highest BCUT2D eigenvalue weighted by molar-refractivity contribution is 7.89. The van der Waals surface area contributed by atoms with E-state index in [1.165, 1.54) is 18.2 Å². The summed E-state index contributed by atoms with van der Waals surface area (Å²) in [6, 6.07) is 22.8. The molecule has 1 N–H and O–H groups in total. The molecule has 5 aromatic rings. The number of hydrogen-bond acceptors (Lipinski definition) is 8. The summed E-state index contributed by atoms with van der Waals surface area (Å²) in [5, 5.41) is 0.628. The summed E-state index contributed by atoms with van der Waals surface area (Å²) < 4.78 is 51.7. The van der Waals surface area contributed by atoms with Gasteiger partial charge in [-0.2, -0.15) is 4.72 Å². The van der Waals surface area contributed by atoms with Crippen molar-refractivity contribution >= 4 is 21.0 Å². The van der Waals surface area contributed by atoms with Gasteiger partial charge in [0.2, 0.25) is 10.0 Å². The van der Waals surface area contributed by atoms with Crippen LogP contribution < -0.4 is 25.4 Å². The normalized spacial score (nSPS) is 14.3. The summed E-state index contributed by atoms with van der Waals surface area (Å²) in [7, 11) is -3.99. The van der Waals surface area contributed by atoms with Crippen LogP contribution in [0.1, 0.15) is 29.8 Å². The molecule has 1 unspecified atom stereocenters. The van der Waals surface area contributed by atoms with Crippen LogP contribution in [-0.4, -0.2) is 15.0 Å². The fraction of sp³-hybridized carbons (Fsp3) is 0.133. The van der Waals surface area contributed by atoms with Gasteiger partial charge in [-0.3, -0.25) is 0 Å². The third-order valence-electron chi connectivity index (χ3n) is 6.52. The van der Waals surface area contributed by atoms with Crippen molar-refractivity contribution in [2.45, 2.75) is 24.5 Å². The Morgan fingerprint density at radius 3 is 2.45 bits per heavy atom. The number of nitrogens with one attached hydrogen (secondary N) is 1. The van der Waals surface area contributed by atoms with Gasteiger partial charge in [-0.25, -0.2) is 18.0 Å². The summed E-state index contributed by atoms with van der Waals surface area (Å²) in [6.45, 7) is 2.30. The first kappa shape index (κ1) is 25.6. The maximum atomic E-state index is 13.2. The molecule has 3 aromatic carbocycles. The van der Waals surface area contributed by atoms with E-state index in [-0.39, 0.29) is 22.6 Å². The van der Waals surface area contributed by atoms with E-state index in [1.807, 2.05) is 6.92 Å². The Hall–Kier alpha value is -4.67. The summed E-state index contributed by atoms with van der Waals surface area (Å²) in [5.74, 6) is 1.12. The van der Waals surface area contributed by atoms with Crippen molar-refractivity contribution in [1.82, 2.24) is 4.72 Å². The average molecular weight is 558 g/mol. The molecule has 0 amide bonds. The van der Waals surface area contributed by atoms with Crippen LogP contribution in [0.5, 0.6) is 11.5 Å². The van der Waals surface area contributed by atoms with E-state index >= 15 is 0 Å². The number of para-hydroxylation sites is 1. The van der Waals surface area contributed by atoms with E-state index < -0.39 is 27.5 Å². The Morgan fingerprint density at radius 1 is 0.875 bits per heavy atom. The SMILES string of the molecule is CCOc1ccc2c(Cc3cc4c(oc3=O)-c3ccccc3OC4NS(=O)(=O)c3ccccc3)cc(=O)oc2c1. The van der Waals surface area contributed by atoms with Crippen molar-refractivity contribution in [3.8, 4) is 22.8 Å². The fourth-order valence-electron chi connectivity index (χ4n) is 4.72. The van der Waals surface area contributed by atoms with Gasteiger partial charge in [0.1, 0.15) is 17.1 Å². The Morgan fingerprint density at radius 2 is 1.65 bits per heavy atom. The molecule has 0 saturated heterocycles. The van der Waals surface area contributed by atoms with Gasteiger partial charge in [0, 0.05) is 29.5 Å². The predicted octanol–water partition coefficient (Wildman–Crippen LogP) is 4.77. The quantitative estimate of drug-likeness (QED) is 0.284. The number of fused-ring (bicyclic) bond motifs is 4. The minimum absolute atomic E-state index is 0.0332.